The van der Waals surface area contributed by atoms with Crippen LogP contribution >= 0.6 is 11.6 Å². The standard InChI is InChI=1S/C9H10ClN3O3/c1-5-3-8(16-2)7(10)4-6(5)9(11)12-13(14)15/h3-4H,1-2H3,(H2,11,12). The summed E-state index contributed by atoms with van der Waals surface area (Å²) < 4.78 is 5.00. The molecule has 1 aromatic carbocycles. The highest BCUT2D eigenvalue weighted by Gasteiger charge is 2.11. The lowest BCUT2D eigenvalue weighted by Gasteiger charge is -2.08. The van der Waals surface area contributed by atoms with E-state index in [0.29, 0.717) is 21.9 Å². The molecule has 0 aliphatic rings. The molecule has 6 nitrogen and oxygen atoms in total. The number of hydrogen-bond donors (Lipinski definition) is 1. The summed E-state index contributed by atoms with van der Waals surface area (Å²) in [6, 6.07) is 3.12. The number of aryl methyl sites for hydroxylation is 1. The molecular formula is C9H10ClN3O3. The van der Waals surface area contributed by atoms with Crippen LogP contribution in [0.25, 0.3) is 0 Å². The maximum Gasteiger partial charge on any atom is 0.205 e. The molecule has 0 aromatic heterocycles. The number of nitrogens with zero attached hydrogens (tertiary/aromatic N) is 2. The highest BCUT2D eigenvalue weighted by Crippen LogP contribution is 2.27. The Morgan fingerprint density at radius 2 is 2.25 bits per heavy atom. The van der Waals surface area contributed by atoms with E-state index in [2.05, 4.69) is 5.10 Å². The monoisotopic (exact) mass is 243 g/mol. The first kappa shape index (κ1) is 12.3. The number of ether oxygens (including phenoxy) is 1. The Morgan fingerprint density at radius 3 is 2.75 bits per heavy atom. The van der Waals surface area contributed by atoms with Gasteiger partial charge in [-0.25, -0.2) is 10.1 Å². The van der Waals surface area contributed by atoms with Crippen LogP contribution < -0.4 is 10.5 Å². The van der Waals surface area contributed by atoms with E-state index >= 15 is 0 Å². The fourth-order valence-electron chi connectivity index (χ4n) is 1.23. The molecule has 2 N–H and O–H groups in total. The van der Waals surface area contributed by atoms with Crippen LogP contribution in [0.1, 0.15) is 11.1 Å². The minimum atomic E-state index is -0.854. The number of benzene rings is 1. The van der Waals surface area contributed by atoms with Crippen LogP contribution in [0.4, 0.5) is 0 Å². The highest BCUT2D eigenvalue weighted by molar-refractivity contribution is 6.32. The lowest BCUT2D eigenvalue weighted by Crippen LogP contribution is -2.16. The summed E-state index contributed by atoms with van der Waals surface area (Å²) in [5, 5.41) is 12.7. The summed E-state index contributed by atoms with van der Waals surface area (Å²) in [5.74, 6) is 0.295. The number of nitro groups is 1. The minimum Gasteiger partial charge on any atom is -0.495 e. The summed E-state index contributed by atoms with van der Waals surface area (Å²) >= 11 is 5.88. The largest absolute Gasteiger partial charge is 0.495 e. The summed E-state index contributed by atoms with van der Waals surface area (Å²) in [6.45, 7) is 1.73. The Hall–Kier alpha value is -1.82. The van der Waals surface area contributed by atoms with E-state index in [1.54, 1.807) is 13.0 Å². The van der Waals surface area contributed by atoms with Crippen molar-refractivity contribution in [3.8, 4) is 5.75 Å². The summed E-state index contributed by atoms with van der Waals surface area (Å²) in [6.07, 6.45) is 0. The topological polar surface area (TPSA) is 90.8 Å². The number of nitrogens with two attached hydrogens (primary N) is 1. The van der Waals surface area contributed by atoms with Gasteiger partial charge in [-0.3, -0.25) is 0 Å². The molecule has 1 rings (SSSR count). The molecular weight excluding hydrogens is 234 g/mol. The quantitative estimate of drug-likeness (QED) is 0.377. The third-order valence-electron chi connectivity index (χ3n) is 1.96. The van der Waals surface area contributed by atoms with Crippen molar-refractivity contribution >= 4 is 17.4 Å². The van der Waals surface area contributed by atoms with Gasteiger partial charge >= 0.3 is 0 Å². The van der Waals surface area contributed by atoms with E-state index in [4.69, 9.17) is 22.1 Å². The average Bonchev–Trinajstić information content (AvgIpc) is 2.19. The number of amidine groups is 1. The summed E-state index contributed by atoms with van der Waals surface area (Å²) in [4.78, 5) is 10.2. The molecule has 0 radical (unpaired) electrons. The molecule has 1 aromatic rings. The van der Waals surface area contributed by atoms with Crippen molar-refractivity contribution in [3.05, 3.63) is 38.4 Å². The maximum absolute atomic E-state index is 10.2. The summed E-state index contributed by atoms with van der Waals surface area (Å²) in [7, 11) is 1.48. The van der Waals surface area contributed by atoms with Gasteiger partial charge in [-0.15, -0.1) is 0 Å². The zero-order valence-electron chi connectivity index (χ0n) is 8.73. The Morgan fingerprint density at radius 1 is 1.62 bits per heavy atom. The second-order valence-corrected chi connectivity index (χ2v) is 3.43. The molecule has 0 heterocycles. The smallest absolute Gasteiger partial charge is 0.205 e. The third kappa shape index (κ3) is 2.60. The third-order valence-corrected chi connectivity index (χ3v) is 2.26. The van der Waals surface area contributed by atoms with E-state index in [0.717, 1.165) is 0 Å². The zero-order valence-corrected chi connectivity index (χ0v) is 9.49. The van der Waals surface area contributed by atoms with Gasteiger partial charge in [0.2, 0.25) is 5.84 Å². The van der Waals surface area contributed by atoms with Gasteiger partial charge in [-0.2, -0.15) is 0 Å². The SMILES string of the molecule is COc1cc(C)c(/C(N)=N/[N+](=O)[O-])cc1Cl. The number of rotatable bonds is 3. The van der Waals surface area contributed by atoms with Crippen LogP contribution in [-0.4, -0.2) is 18.0 Å². The average molecular weight is 244 g/mol. The van der Waals surface area contributed by atoms with Gasteiger partial charge < -0.3 is 10.5 Å². The first-order chi connectivity index (χ1) is 7.45. The zero-order chi connectivity index (χ0) is 12.3. The molecule has 0 aliphatic carbocycles. The fourth-order valence-corrected chi connectivity index (χ4v) is 1.47. The van der Waals surface area contributed by atoms with E-state index < -0.39 is 5.03 Å². The Balaban J connectivity index is 3.26. The molecule has 0 fully saturated rings. The number of hydrazone groups is 1. The van der Waals surface area contributed by atoms with Crippen LogP contribution in [0, 0.1) is 17.0 Å². The Kier molecular flexibility index (Phi) is 3.68. The second-order valence-electron chi connectivity index (χ2n) is 3.02. The summed E-state index contributed by atoms with van der Waals surface area (Å²) in [5.41, 5.74) is 6.58. The van der Waals surface area contributed by atoms with Gasteiger partial charge in [0.15, 0.2) is 5.03 Å². The lowest BCUT2D eigenvalue weighted by molar-refractivity contribution is -0.485. The molecule has 86 valence electrons. The van der Waals surface area contributed by atoms with E-state index in [1.165, 1.54) is 13.2 Å². The first-order valence-corrected chi connectivity index (χ1v) is 4.66. The van der Waals surface area contributed by atoms with Crippen LogP contribution in [0.3, 0.4) is 0 Å². The molecule has 16 heavy (non-hydrogen) atoms. The van der Waals surface area contributed by atoms with Crippen molar-refractivity contribution in [2.45, 2.75) is 6.92 Å². The number of methoxy groups -OCH3 is 1. The Labute approximate surface area is 96.8 Å². The van der Waals surface area contributed by atoms with Crippen LogP contribution in [0.15, 0.2) is 17.2 Å². The van der Waals surface area contributed by atoms with Gasteiger partial charge in [0.05, 0.1) is 17.2 Å². The van der Waals surface area contributed by atoms with Gasteiger partial charge in [0.25, 0.3) is 0 Å². The predicted octanol–water partition coefficient (Wildman–Crippen LogP) is 1.55. The van der Waals surface area contributed by atoms with Gasteiger partial charge in [-0.1, -0.05) is 11.6 Å². The van der Waals surface area contributed by atoms with Crippen LogP contribution in [0.5, 0.6) is 5.75 Å². The lowest BCUT2D eigenvalue weighted by atomic mass is 10.1. The molecule has 7 heteroatoms. The van der Waals surface area contributed by atoms with Gasteiger partial charge in [-0.05, 0) is 24.6 Å². The maximum atomic E-state index is 10.2. The van der Waals surface area contributed by atoms with Gasteiger partial charge in [0.1, 0.15) is 5.75 Å². The van der Waals surface area contributed by atoms with Crippen molar-refractivity contribution in [1.29, 1.82) is 0 Å². The van der Waals surface area contributed by atoms with E-state index in [9.17, 15) is 10.1 Å². The van der Waals surface area contributed by atoms with Crippen LogP contribution in [0.2, 0.25) is 5.02 Å². The molecule has 0 unspecified atom stereocenters. The molecule has 0 saturated heterocycles. The van der Waals surface area contributed by atoms with Crippen LogP contribution in [-0.2, 0) is 0 Å². The predicted molar refractivity (Wildman–Crippen MR) is 60.5 cm³/mol. The molecule has 0 amide bonds. The van der Waals surface area contributed by atoms with E-state index in [-0.39, 0.29) is 5.84 Å². The van der Waals surface area contributed by atoms with Crippen molar-refractivity contribution in [2.24, 2.45) is 10.8 Å². The molecule has 0 spiro atoms. The van der Waals surface area contributed by atoms with Crippen molar-refractivity contribution in [2.75, 3.05) is 7.11 Å². The molecule has 0 atom stereocenters. The van der Waals surface area contributed by atoms with Gasteiger partial charge in [0, 0.05) is 5.56 Å². The van der Waals surface area contributed by atoms with E-state index in [1.807, 2.05) is 0 Å². The molecule has 0 saturated carbocycles. The van der Waals surface area contributed by atoms with Crippen molar-refractivity contribution in [1.82, 2.24) is 0 Å². The fraction of sp³-hybridized carbons (Fsp3) is 0.222. The highest BCUT2D eigenvalue weighted by atomic mass is 35.5. The second kappa shape index (κ2) is 4.80. The molecule has 0 bridgehead atoms. The first-order valence-electron chi connectivity index (χ1n) is 4.28. The number of halogens is 1. The van der Waals surface area contributed by atoms with Crippen molar-refractivity contribution < 1.29 is 9.77 Å². The minimum absolute atomic E-state index is 0.188. The number of hydrogen-bond acceptors (Lipinski definition) is 3. The van der Waals surface area contributed by atoms with Crippen molar-refractivity contribution in [3.63, 3.8) is 0 Å². The Bertz CT molecular complexity index is 460. The molecule has 0 aliphatic heterocycles. The normalized spacial score (nSPS) is 11.3.